The molecule has 0 aliphatic carbocycles. The van der Waals surface area contributed by atoms with Crippen molar-refractivity contribution in [2.24, 2.45) is 0 Å². The molecule has 0 fully saturated rings. The number of amides is 1. The number of aliphatic hydroxyl groups excluding tert-OH is 1. The van der Waals surface area contributed by atoms with Crippen LogP contribution in [0, 0.1) is 0 Å². The number of rotatable bonds is 4. The zero-order chi connectivity index (χ0) is 10.6. The molecule has 0 aromatic carbocycles. The van der Waals surface area contributed by atoms with Gasteiger partial charge in [-0.15, -0.1) is 0 Å². The molecular formula is C8H15NO4. The molecule has 0 spiro atoms. The van der Waals surface area contributed by atoms with Crippen molar-refractivity contribution in [1.29, 1.82) is 0 Å². The maximum Gasteiger partial charge on any atom is 0.312 e. The zero-order valence-corrected chi connectivity index (χ0v) is 8.07. The minimum Gasteiger partial charge on any atom is -0.481 e. The van der Waals surface area contributed by atoms with E-state index in [0.29, 0.717) is 0 Å². The van der Waals surface area contributed by atoms with Crippen LogP contribution in [-0.4, -0.2) is 46.2 Å². The van der Waals surface area contributed by atoms with Gasteiger partial charge in [0.15, 0.2) is 0 Å². The maximum absolute atomic E-state index is 11.2. The second kappa shape index (κ2) is 4.23. The fourth-order valence-corrected chi connectivity index (χ4v) is 0.692. The number of carbonyl (C=O) groups is 2. The Morgan fingerprint density at radius 3 is 2.15 bits per heavy atom. The van der Waals surface area contributed by atoms with Gasteiger partial charge in [0.05, 0.1) is 12.1 Å². The Morgan fingerprint density at radius 1 is 1.38 bits per heavy atom. The molecule has 0 radical (unpaired) electrons. The van der Waals surface area contributed by atoms with Crippen LogP contribution in [0.2, 0.25) is 0 Å². The van der Waals surface area contributed by atoms with Crippen molar-refractivity contribution in [3.8, 4) is 0 Å². The van der Waals surface area contributed by atoms with Crippen LogP contribution < -0.4 is 0 Å². The third-order valence-corrected chi connectivity index (χ3v) is 1.97. The lowest BCUT2D eigenvalue weighted by molar-refractivity contribution is -0.146. The Hall–Kier alpha value is -1.10. The van der Waals surface area contributed by atoms with Crippen LogP contribution in [0.4, 0.5) is 0 Å². The number of hydrogen-bond acceptors (Lipinski definition) is 3. The number of aliphatic carboxylic acids is 1. The minimum absolute atomic E-state index is 0.200. The molecule has 5 heteroatoms. The molecule has 0 saturated carbocycles. The third kappa shape index (κ3) is 3.42. The number of aliphatic hydroxyl groups is 1. The summed E-state index contributed by atoms with van der Waals surface area (Å²) in [6, 6.07) is 0. The minimum atomic E-state index is -1.16. The van der Waals surface area contributed by atoms with E-state index < -0.39 is 23.8 Å². The van der Waals surface area contributed by atoms with E-state index in [0.717, 1.165) is 0 Å². The number of carboxylic acid groups (broad SMARTS) is 1. The lowest BCUT2D eigenvalue weighted by atomic mass is 10.0. The van der Waals surface area contributed by atoms with Crippen molar-refractivity contribution in [3.63, 3.8) is 0 Å². The molecule has 0 aliphatic heterocycles. The first kappa shape index (κ1) is 11.9. The molecule has 0 heterocycles. The first-order chi connectivity index (χ1) is 5.81. The molecule has 1 amide bonds. The van der Waals surface area contributed by atoms with Gasteiger partial charge in [-0.05, 0) is 13.8 Å². The number of likely N-dealkylation sites (N-methyl/N-ethyl adjacent to an activating group) is 1. The highest BCUT2D eigenvalue weighted by Crippen LogP contribution is 2.11. The van der Waals surface area contributed by atoms with Gasteiger partial charge in [0.2, 0.25) is 5.91 Å². The molecule has 0 aliphatic rings. The van der Waals surface area contributed by atoms with Crippen LogP contribution in [0.3, 0.4) is 0 Å². The van der Waals surface area contributed by atoms with Gasteiger partial charge in [0.1, 0.15) is 6.42 Å². The molecule has 0 rings (SSSR count). The summed E-state index contributed by atoms with van der Waals surface area (Å²) in [4.78, 5) is 22.6. The largest absolute Gasteiger partial charge is 0.481 e. The summed E-state index contributed by atoms with van der Waals surface area (Å²) in [5.74, 6) is -1.67. The van der Waals surface area contributed by atoms with Gasteiger partial charge in [-0.2, -0.15) is 0 Å². The predicted molar refractivity (Wildman–Crippen MR) is 46.2 cm³/mol. The number of nitrogens with zero attached hydrogens (tertiary/aromatic N) is 1. The van der Waals surface area contributed by atoms with Crippen LogP contribution in [0.1, 0.15) is 20.3 Å². The zero-order valence-electron chi connectivity index (χ0n) is 8.07. The second-order valence-corrected chi connectivity index (χ2v) is 3.49. The molecular weight excluding hydrogens is 174 g/mol. The van der Waals surface area contributed by atoms with Crippen LogP contribution >= 0.6 is 0 Å². The SMILES string of the molecule is CN(C(=O)CC(=O)O)C(C)(C)CO. The average molecular weight is 189 g/mol. The van der Waals surface area contributed by atoms with E-state index >= 15 is 0 Å². The van der Waals surface area contributed by atoms with Gasteiger partial charge >= 0.3 is 5.97 Å². The van der Waals surface area contributed by atoms with Crippen LogP contribution in [0.5, 0.6) is 0 Å². The van der Waals surface area contributed by atoms with E-state index in [9.17, 15) is 9.59 Å². The van der Waals surface area contributed by atoms with Crippen LogP contribution in [0.25, 0.3) is 0 Å². The molecule has 0 atom stereocenters. The number of carbonyl (C=O) groups excluding carboxylic acids is 1. The van der Waals surface area contributed by atoms with Crippen molar-refractivity contribution in [3.05, 3.63) is 0 Å². The molecule has 5 nitrogen and oxygen atoms in total. The molecule has 0 bridgehead atoms. The molecule has 0 aromatic rings. The summed E-state index contributed by atoms with van der Waals surface area (Å²) >= 11 is 0. The monoisotopic (exact) mass is 189 g/mol. The summed E-state index contributed by atoms with van der Waals surface area (Å²) in [5, 5.41) is 17.3. The van der Waals surface area contributed by atoms with Crippen molar-refractivity contribution in [2.75, 3.05) is 13.7 Å². The van der Waals surface area contributed by atoms with E-state index in [1.165, 1.54) is 11.9 Å². The lowest BCUT2D eigenvalue weighted by Crippen LogP contribution is -2.48. The first-order valence-corrected chi connectivity index (χ1v) is 3.90. The molecule has 0 saturated heterocycles. The highest BCUT2D eigenvalue weighted by molar-refractivity contribution is 5.93. The Labute approximate surface area is 77.0 Å². The summed E-state index contributed by atoms with van der Waals surface area (Å²) in [5.41, 5.74) is -0.716. The third-order valence-electron chi connectivity index (χ3n) is 1.97. The van der Waals surface area contributed by atoms with Crippen molar-refractivity contribution < 1.29 is 19.8 Å². The number of hydrogen-bond donors (Lipinski definition) is 2. The van der Waals surface area contributed by atoms with Crippen molar-refractivity contribution >= 4 is 11.9 Å². The maximum atomic E-state index is 11.2. The van der Waals surface area contributed by atoms with Gasteiger partial charge < -0.3 is 15.1 Å². The molecule has 13 heavy (non-hydrogen) atoms. The van der Waals surface area contributed by atoms with Gasteiger partial charge in [0.25, 0.3) is 0 Å². The number of carboxylic acids is 1. The normalized spacial score (nSPS) is 11.1. The fraction of sp³-hybridized carbons (Fsp3) is 0.750. The van der Waals surface area contributed by atoms with Crippen molar-refractivity contribution in [1.82, 2.24) is 4.90 Å². The molecule has 0 unspecified atom stereocenters. The summed E-state index contributed by atoms with van der Waals surface area (Å²) in [6.45, 7) is 3.12. The van der Waals surface area contributed by atoms with Gasteiger partial charge in [-0.3, -0.25) is 9.59 Å². The predicted octanol–water partition coefficient (Wildman–Crippen LogP) is -0.310. The van der Waals surface area contributed by atoms with E-state index in [1.54, 1.807) is 13.8 Å². The smallest absolute Gasteiger partial charge is 0.312 e. The summed E-state index contributed by atoms with van der Waals surface area (Å²) in [7, 11) is 1.47. The quantitative estimate of drug-likeness (QED) is 0.595. The van der Waals surface area contributed by atoms with E-state index in [2.05, 4.69) is 0 Å². The van der Waals surface area contributed by atoms with Gasteiger partial charge in [-0.25, -0.2) is 0 Å². The Morgan fingerprint density at radius 2 is 1.85 bits per heavy atom. The standard InChI is InChI=1S/C8H15NO4/c1-8(2,5-10)9(3)6(11)4-7(12)13/h10H,4-5H2,1-3H3,(H,12,13). The second-order valence-electron chi connectivity index (χ2n) is 3.49. The molecule has 0 aromatic heterocycles. The summed E-state index contributed by atoms with van der Waals surface area (Å²) in [6.07, 6.45) is -0.542. The molecule has 2 N–H and O–H groups in total. The van der Waals surface area contributed by atoms with Gasteiger partial charge in [0, 0.05) is 7.05 Å². The van der Waals surface area contributed by atoms with Gasteiger partial charge in [-0.1, -0.05) is 0 Å². The Kier molecular flexibility index (Phi) is 3.87. The topological polar surface area (TPSA) is 77.8 Å². The Bertz CT molecular complexity index is 212. The van der Waals surface area contributed by atoms with Crippen LogP contribution in [-0.2, 0) is 9.59 Å². The first-order valence-electron chi connectivity index (χ1n) is 3.90. The highest BCUT2D eigenvalue weighted by atomic mass is 16.4. The average Bonchev–Trinajstić information content (AvgIpc) is 2.01. The summed E-state index contributed by atoms with van der Waals surface area (Å²) < 4.78 is 0. The fourth-order valence-electron chi connectivity index (χ4n) is 0.692. The highest BCUT2D eigenvalue weighted by Gasteiger charge is 2.27. The van der Waals surface area contributed by atoms with E-state index in [1.807, 2.05) is 0 Å². The lowest BCUT2D eigenvalue weighted by Gasteiger charge is -2.33. The van der Waals surface area contributed by atoms with Crippen LogP contribution in [0.15, 0.2) is 0 Å². The van der Waals surface area contributed by atoms with Crippen molar-refractivity contribution in [2.45, 2.75) is 25.8 Å². The van der Waals surface area contributed by atoms with E-state index in [-0.39, 0.29) is 6.61 Å². The molecule has 76 valence electrons. The Balaban J connectivity index is 4.33. The van der Waals surface area contributed by atoms with E-state index in [4.69, 9.17) is 10.2 Å².